The van der Waals surface area contributed by atoms with Crippen LogP contribution in [0.1, 0.15) is 42.5 Å². The topological polar surface area (TPSA) is 72.5 Å². The predicted molar refractivity (Wildman–Crippen MR) is 102 cm³/mol. The van der Waals surface area contributed by atoms with Crippen molar-refractivity contribution in [3.63, 3.8) is 0 Å². The molecule has 1 fully saturated rings. The third-order valence-corrected chi connectivity index (χ3v) is 6.67. The summed E-state index contributed by atoms with van der Waals surface area (Å²) in [5, 5.41) is 5.37. The van der Waals surface area contributed by atoms with Crippen molar-refractivity contribution in [3.05, 3.63) is 27.3 Å². The van der Waals surface area contributed by atoms with Crippen LogP contribution in [0.15, 0.2) is 11.1 Å². The minimum atomic E-state index is -0.317. The lowest BCUT2D eigenvalue weighted by atomic mass is 9.94. The van der Waals surface area contributed by atoms with Gasteiger partial charge in [0.2, 0.25) is 5.91 Å². The van der Waals surface area contributed by atoms with Crippen molar-refractivity contribution in [1.29, 1.82) is 0 Å². The molecule has 1 amide bonds. The second-order valence-corrected chi connectivity index (χ2v) is 8.34. The van der Waals surface area contributed by atoms with Gasteiger partial charge in [-0.25, -0.2) is 18.9 Å². The molecule has 0 N–H and O–H groups in total. The first-order valence-electron chi connectivity index (χ1n) is 9.07. The Hall–Kier alpha value is -2.22. The molecule has 0 spiro atoms. The zero-order valence-corrected chi connectivity index (χ0v) is 16.2. The molecule has 4 rings (SSSR count). The molecule has 3 aromatic rings. The van der Waals surface area contributed by atoms with Crippen LogP contribution in [-0.4, -0.2) is 43.1 Å². The smallest absolute Gasteiger partial charge is 0.341 e. The van der Waals surface area contributed by atoms with Gasteiger partial charge in [0, 0.05) is 18.0 Å². The van der Waals surface area contributed by atoms with Gasteiger partial charge < -0.3 is 4.90 Å². The average Bonchev–Trinajstić information content (AvgIpc) is 3.12. The third kappa shape index (κ3) is 2.72. The van der Waals surface area contributed by atoms with E-state index in [9.17, 15) is 9.59 Å². The maximum atomic E-state index is 12.7. The highest BCUT2D eigenvalue weighted by Gasteiger charge is 2.24. The fourth-order valence-electron chi connectivity index (χ4n) is 3.78. The number of carbonyl (C=O) groups is 1. The van der Waals surface area contributed by atoms with Crippen molar-refractivity contribution in [2.24, 2.45) is 0 Å². The molecule has 0 saturated heterocycles. The first-order valence-corrected chi connectivity index (χ1v) is 9.88. The van der Waals surface area contributed by atoms with E-state index in [1.807, 2.05) is 20.9 Å². The van der Waals surface area contributed by atoms with Gasteiger partial charge in [0.05, 0.1) is 5.39 Å². The van der Waals surface area contributed by atoms with Gasteiger partial charge in [0.1, 0.15) is 17.7 Å². The lowest BCUT2D eigenvalue weighted by Crippen LogP contribution is -2.41. The van der Waals surface area contributed by atoms with Crippen LogP contribution in [0, 0.1) is 13.8 Å². The highest BCUT2D eigenvalue weighted by Crippen LogP contribution is 2.30. The van der Waals surface area contributed by atoms with Crippen LogP contribution in [0.4, 0.5) is 0 Å². The second-order valence-electron chi connectivity index (χ2n) is 7.14. The van der Waals surface area contributed by atoms with E-state index in [0.717, 1.165) is 46.3 Å². The fraction of sp³-hybridized carbons (Fsp3) is 0.556. The molecule has 1 saturated carbocycles. The summed E-state index contributed by atoms with van der Waals surface area (Å²) in [6.45, 7) is 4.02. The molecule has 0 atom stereocenters. The minimum absolute atomic E-state index is 0.0306. The number of hydrogen-bond acceptors (Lipinski definition) is 5. The quantitative estimate of drug-likeness (QED) is 0.707. The summed E-state index contributed by atoms with van der Waals surface area (Å²) in [4.78, 5) is 33.6. The third-order valence-electron chi connectivity index (χ3n) is 5.55. The molecule has 0 bridgehead atoms. The van der Waals surface area contributed by atoms with Gasteiger partial charge in [0.25, 0.3) is 0 Å². The van der Waals surface area contributed by atoms with Gasteiger partial charge in [-0.1, -0.05) is 19.3 Å². The van der Waals surface area contributed by atoms with E-state index in [0.29, 0.717) is 5.65 Å². The van der Waals surface area contributed by atoms with Gasteiger partial charge in [-0.05, 0) is 32.3 Å². The molecule has 138 valence electrons. The summed E-state index contributed by atoms with van der Waals surface area (Å²) in [5.74, 6) is -0.0650. The lowest BCUT2D eigenvalue weighted by Gasteiger charge is -2.31. The van der Waals surface area contributed by atoms with Crippen LogP contribution >= 0.6 is 11.3 Å². The summed E-state index contributed by atoms with van der Waals surface area (Å²) in [6, 6.07) is 0.277. The van der Waals surface area contributed by atoms with Crippen LogP contribution < -0.4 is 5.69 Å². The molecule has 0 unspecified atom stereocenters. The number of amides is 1. The van der Waals surface area contributed by atoms with Gasteiger partial charge >= 0.3 is 5.69 Å². The van der Waals surface area contributed by atoms with Crippen molar-refractivity contribution < 1.29 is 4.79 Å². The Kier molecular flexibility index (Phi) is 4.30. The fourth-order valence-corrected chi connectivity index (χ4v) is 4.77. The lowest BCUT2D eigenvalue weighted by molar-refractivity contribution is -0.133. The van der Waals surface area contributed by atoms with E-state index in [1.54, 1.807) is 16.2 Å². The Balaban J connectivity index is 1.68. The molecular formula is C18H23N5O2S. The summed E-state index contributed by atoms with van der Waals surface area (Å²) in [7, 11) is 1.84. The van der Waals surface area contributed by atoms with Crippen LogP contribution in [-0.2, 0) is 11.3 Å². The standard InChI is InChI=1S/C18H23N5O2S/c1-11-12(2)26-17-15(11)16-20-23(18(25)22(16)10-19-17)9-14(24)21(3)13-7-5-4-6-8-13/h10,13H,4-9H2,1-3H3. The summed E-state index contributed by atoms with van der Waals surface area (Å²) in [5.41, 5.74) is 1.35. The van der Waals surface area contributed by atoms with Crippen LogP contribution in [0.5, 0.6) is 0 Å². The first kappa shape index (κ1) is 17.2. The SMILES string of the molecule is Cc1sc2ncn3c(=O)n(CC(=O)N(C)C4CCCCC4)nc3c2c1C. The average molecular weight is 373 g/mol. The Labute approximate surface area is 155 Å². The van der Waals surface area contributed by atoms with Crippen LogP contribution in [0.25, 0.3) is 15.9 Å². The number of carbonyl (C=O) groups excluding carboxylic acids is 1. The molecule has 26 heavy (non-hydrogen) atoms. The molecule has 3 aromatic heterocycles. The maximum Gasteiger partial charge on any atom is 0.352 e. The van der Waals surface area contributed by atoms with Gasteiger partial charge in [0.15, 0.2) is 5.65 Å². The van der Waals surface area contributed by atoms with Crippen molar-refractivity contribution in [3.8, 4) is 0 Å². The van der Waals surface area contributed by atoms with Crippen molar-refractivity contribution in [2.75, 3.05) is 7.05 Å². The van der Waals surface area contributed by atoms with Crippen molar-refractivity contribution >= 4 is 33.1 Å². The summed E-state index contributed by atoms with van der Waals surface area (Å²) >= 11 is 1.60. The van der Waals surface area contributed by atoms with E-state index in [1.165, 1.54) is 21.8 Å². The number of aryl methyl sites for hydroxylation is 2. The number of hydrogen-bond donors (Lipinski definition) is 0. The number of rotatable bonds is 3. The van der Waals surface area contributed by atoms with Gasteiger partial charge in [-0.3, -0.25) is 4.79 Å². The highest BCUT2D eigenvalue weighted by molar-refractivity contribution is 7.18. The second kappa shape index (κ2) is 6.50. The molecule has 7 nitrogen and oxygen atoms in total. The summed E-state index contributed by atoms with van der Waals surface area (Å²) in [6.07, 6.45) is 7.16. The van der Waals surface area contributed by atoms with Gasteiger partial charge in [-0.15, -0.1) is 16.4 Å². The van der Waals surface area contributed by atoms with Gasteiger partial charge in [-0.2, -0.15) is 0 Å². The number of fused-ring (bicyclic) bond motifs is 3. The highest BCUT2D eigenvalue weighted by atomic mass is 32.1. The van der Waals surface area contributed by atoms with Crippen LogP contribution in [0.3, 0.4) is 0 Å². The molecule has 3 heterocycles. The number of nitrogens with zero attached hydrogens (tertiary/aromatic N) is 5. The Morgan fingerprint density at radius 3 is 2.77 bits per heavy atom. The number of thiophene rings is 1. The first-order chi connectivity index (χ1) is 12.5. The van der Waals surface area contributed by atoms with E-state index in [-0.39, 0.29) is 24.2 Å². The van der Waals surface area contributed by atoms with E-state index in [4.69, 9.17) is 0 Å². The summed E-state index contributed by atoms with van der Waals surface area (Å²) < 4.78 is 2.71. The normalized spacial score (nSPS) is 15.8. The molecule has 8 heteroatoms. The maximum absolute atomic E-state index is 12.7. The van der Waals surface area contributed by atoms with E-state index < -0.39 is 0 Å². The monoisotopic (exact) mass is 373 g/mol. The zero-order valence-electron chi connectivity index (χ0n) is 15.4. The van der Waals surface area contributed by atoms with Crippen LogP contribution in [0.2, 0.25) is 0 Å². The Bertz CT molecular complexity index is 1040. The number of likely N-dealkylation sites (N-methyl/N-ethyl adjacent to an activating group) is 1. The predicted octanol–water partition coefficient (Wildman–Crippen LogP) is 2.51. The van der Waals surface area contributed by atoms with E-state index >= 15 is 0 Å². The molecule has 1 aliphatic carbocycles. The van der Waals surface area contributed by atoms with Crippen molar-refractivity contribution in [2.45, 2.75) is 58.5 Å². The van der Waals surface area contributed by atoms with Crippen molar-refractivity contribution in [1.82, 2.24) is 24.1 Å². The van der Waals surface area contributed by atoms with E-state index in [2.05, 4.69) is 10.1 Å². The number of aromatic nitrogens is 4. The largest absolute Gasteiger partial charge is 0.352 e. The molecule has 1 aliphatic rings. The molecule has 0 aliphatic heterocycles. The molecule has 0 aromatic carbocycles. The zero-order chi connectivity index (χ0) is 18.4. The molecular weight excluding hydrogens is 350 g/mol. The Morgan fingerprint density at radius 2 is 2.04 bits per heavy atom. The minimum Gasteiger partial charge on any atom is -0.341 e. The molecule has 0 radical (unpaired) electrons. The Morgan fingerprint density at radius 1 is 1.31 bits per heavy atom.